The Kier molecular flexibility index (Phi) is 5.48. The van der Waals surface area contributed by atoms with Gasteiger partial charge >= 0.3 is 0 Å². The lowest BCUT2D eigenvalue weighted by molar-refractivity contribution is 0.0786. The van der Waals surface area contributed by atoms with Crippen molar-refractivity contribution in [2.45, 2.75) is 43.1 Å². The molecule has 1 aliphatic carbocycles. The fourth-order valence-electron chi connectivity index (χ4n) is 3.47. The van der Waals surface area contributed by atoms with Gasteiger partial charge in [-0.25, -0.2) is 13.4 Å². The van der Waals surface area contributed by atoms with E-state index in [1.165, 1.54) is 12.1 Å². The number of nitrogens with one attached hydrogen (secondary N) is 3. The molecule has 1 aromatic carbocycles. The van der Waals surface area contributed by atoms with E-state index < -0.39 is 28.3 Å². The summed E-state index contributed by atoms with van der Waals surface area (Å²) in [5.41, 5.74) is 0.629. The largest absolute Gasteiger partial charge is 0.386 e. The van der Waals surface area contributed by atoms with Crippen LogP contribution < -0.4 is 16.0 Å². The molecule has 1 saturated carbocycles. The van der Waals surface area contributed by atoms with E-state index >= 15 is 0 Å². The molecule has 10 nitrogen and oxygen atoms in total. The van der Waals surface area contributed by atoms with Crippen LogP contribution >= 0.6 is 0 Å². The van der Waals surface area contributed by atoms with Crippen LogP contribution in [0.5, 0.6) is 0 Å². The van der Waals surface area contributed by atoms with Gasteiger partial charge in [0, 0.05) is 40.7 Å². The molecule has 4 rings (SSSR count). The summed E-state index contributed by atoms with van der Waals surface area (Å²) in [5.74, 6) is -0.621. The van der Waals surface area contributed by atoms with E-state index in [0.29, 0.717) is 16.9 Å². The van der Waals surface area contributed by atoms with E-state index in [1.807, 2.05) is 5.32 Å². The smallest absolute Gasteiger partial charge is 0.273 e. The number of carbonyl (C=O) groups is 1. The minimum atomic E-state index is -3.70. The number of aliphatic hydroxyl groups is 1. The third kappa shape index (κ3) is 5.75. The molecule has 3 aromatic rings. The Morgan fingerprint density at radius 3 is 2.43 bits per heavy atom. The van der Waals surface area contributed by atoms with E-state index in [-0.39, 0.29) is 33.8 Å². The SMILES string of the molecule is [2H]C([2H])([2H])NC(=O)c1nnc(Nc2ccc(C(C)(C)O)cc2)cc1Nc1nc(C2CC2)ccc1S(C)(=O)=O. The fraction of sp³-hybridized carbons (Fsp3) is 0.333. The number of hydrogen-bond acceptors (Lipinski definition) is 9. The number of hydrogen-bond donors (Lipinski definition) is 4. The van der Waals surface area contributed by atoms with E-state index in [2.05, 4.69) is 25.8 Å². The number of sulfone groups is 1. The minimum absolute atomic E-state index is 0.00251. The Labute approximate surface area is 208 Å². The lowest BCUT2D eigenvalue weighted by atomic mass is 9.98. The summed E-state index contributed by atoms with van der Waals surface area (Å²) in [4.78, 5) is 17.1. The molecule has 0 aliphatic heterocycles. The van der Waals surface area contributed by atoms with Crippen molar-refractivity contribution < 1.29 is 22.4 Å². The number of aromatic nitrogens is 3. The number of nitrogens with zero attached hydrogens (tertiary/aromatic N) is 3. The van der Waals surface area contributed by atoms with Crippen molar-refractivity contribution in [3.63, 3.8) is 0 Å². The quantitative estimate of drug-likeness (QED) is 0.367. The van der Waals surface area contributed by atoms with Crippen LogP contribution in [0.15, 0.2) is 47.4 Å². The van der Waals surface area contributed by atoms with Gasteiger partial charge in [0.25, 0.3) is 5.91 Å². The first-order valence-corrected chi connectivity index (χ1v) is 12.8. The highest BCUT2D eigenvalue weighted by Crippen LogP contribution is 2.40. The molecular formula is C24H28N6O4S. The molecule has 184 valence electrons. The first-order chi connectivity index (χ1) is 17.6. The molecule has 0 atom stereocenters. The number of pyridine rings is 1. The van der Waals surface area contributed by atoms with Crippen LogP contribution in [0.2, 0.25) is 0 Å². The van der Waals surface area contributed by atoms with Crippen LogP contribution in [0.4, 0.5) is 23.0 Å². The molecule has 2 aromatic heterocycles. The van der Waals surface area contributed by atoms with Gasteiger partial charge in [-0.05, 0) is 56.5 Å². The zero-order valence-corrected chi connectivity index (χ0v) is 20.3. The number of carbonyl (C=O) groups excluding carboxylic acids is 1. The molecule has 0 saturated heterocycles. The fourth-order valence-corrected chi connectivity index (χ4v) is 4.23. The highest BCUT2D eigenvalue weighted by atomic mass is 32.2. The summed E-state index contributed by atoms with van der Waals surface area (Å²) in [6.07, 6.45) is 2.92. The number of benzene rings is 1. The Morgan fingerprint density at radius 2 is 1.83 bits per heavy atom. The second-order valence-electron chi connectivity index (χ2n) is 8.96. The number of anilines is 4. The summed E-state index contributed by atoms with van der Waals surface area (Å²) in [7, 11) is -3.70. The average Bonchev–Trinajstić information content (AvgIpc) is 3.62. The van der Waals surface area contributed by atoms with Gasteiger partial charge in [0.1, 0.15) is 10.7 Å². The zero-order chi connectivity index (χ0) is 27.9. The molecule has 35 heavy (non-hydrogen) atoms. The predicted molar refractivity (Wildman–Crippen MR) is 133 cm³/mol. The molecule has 2 heterocycles. The second-order valence-corrected chi connectivity index (χ2v) is 10.9. The van der Waals surface area contributed by atoms with E-state index in [4.69, 9.17) is 4.11 Å². The topological polar surface area (TPSA) is 146 Å². The Balaban J connectivity index is 1.73. The molecule has 1 amide bonds. The van der Waals surface area contributed by atoms with Crippen molar-refractivity contribution in [2.24, 2.45) is 0 Å². The third-order valence-corrected chi connectivity index (χ3v) is 6.64. The van der Waals surface area contributed by atoms with Gasteiger partial charge in [-0.15, -0.1) is 10.2 Å². The molecule has 0 spiro atoms. The van der Waals surface area contributed by atoms with Gasteiger partial charge in [-0.2, -0.15) is 0 Å². The van der Waals surface area contributed by atoms with Crippen LogP contribution in [0.25, 0.3) is 0 Å². The lowest BCUT2D eigenvalue weighted by Gasteiger charge is -2.18. The van der Waals surface area contributed by atoms with Crippen molar-refractivity contribution >= 4 is 38.8 Å². The Bertz CT molecular complexity index is 1470. The average molecular weight is 500 g/mol. The molecule has 1 aliphatic rings. The monoisotopic (exact) mass is 499 g/mol. The van der Waals surface area contributed by atoms with Crippen molar-refractivity contribution in [3.8, 4) is 0 Å². The highest BCUT2D eigenvalue weighted by molar-refractivity contribution is 7.90. The number of amides is 1. The lowest BCUT2D eigenvalue weighted by Crippen LogP contribution is -2.22. The standard InChI is InChI=1S/C24H28N6O4S/c1-24(2,32)15-7-9-16(10-8-15)26-20-13-18(21(30-29-20)23(31)25-3)28-22-19(35(4,33)34)12-11-17(27-22)14-5-6-14/h7-14,32H,5-6H2,1-4H3,(H,25,31)(H2,26,27,28,29)/i3D3. The molecular weight excluding hydrogens is 468 g/mol. The molecule has 0 radical (unpaired) electrons. The minimum Gasteiger partial charge on any atom is -0.386 e. The van der Waals surface area contributed by atoms with Crippen molar-refractivity contribution in [2.75, 3.05) is 23.9 Å². The first kappa shape index (κ1) is 20.8. The van der Waals surface area contributed by atoms with Crippen molar-refractivity contribution in [1.29, 1.82) is 0 Å². The molecule has 11 heteroatoms. The maximum absolute atomic E-state index is 12.7. The predicted octanol–water partition coefficient (Wildman–Crippen LogP) is 3.23. The van der Waals surface area contributed by atoms with Gasteiger partial charge < -0.3 is 21.1 Å². The Morgan fingerprint density at radius 1 is 1.11 bits per heavy atom. The van der Waals surface area contributed by atoms with Gasteiger partial charge in [0.15, 0.2) is 21.3 Å². The van der Waals surface area contributed by atoms with Gasteiger partial charge in [0.05, 0.1) is 11.3 Å². The summed E-state index contributed by atoms with van der Waals surface area (Å²) in [5, 5.41) is 25.9. The summed E-state index contributed by atoms with van der Waals surface area (Å²) >= 11 is 0. The van der Waals surface area contributed by atoms with Crippen molar-refractivity contribution in [3.05, 3.63) is 59.4 Å². The van der Waals surface area contributed by atoms with Crippen LogP contribution in [0, 0.1) is 0 Å². The first-order valence-electron chi connectivity index (χ1n) is 12.4. The molecule has 4 N–H and O–H groups in total. The normalized spacial score (nSPS) is 15.5. The van der Waals surface area contributed by atoms with Gasteiger partial charge in [-0.1, -0.05) is 12.1 Å². The summed E-state index contributed by atoms with van der Waals surface area (Å²) in [6.45, 7) is 0.551. The van der Waals surface area contributed by atoms with Crippen LogP contribution in [-0.2, 0) is 15.4 Å². The van der Waals surface area contributed by atoms with E-state index in [9.17, 15) is 18.3 Å². The van der Waals surface area contributed by atoms with Gasteiger partial charge in [0.2, 0.25) is 0 Å². The van der Waals surface area contributed by atoms with Crippen LogP contribution in [0.3, 0.4) is 0 Å². The molecule has 1 fully saturated rings. The maximum Gasteiger partial charge on any atom is 0.273 e. The third-order valence-electron chi connectivity index (χ3n) is 5.51. The Hall–Kier alpha value is -3.57. The van der Waals surface area contributed by atoms with E-state index in [0.717, 1.165) is 19.1 Å². The molecule has 0 bridgehead atoms. The second kappa shape index (κ2) is 9.23. The van der Waals surface area contributed by atoms with Gasteiger partial charge in [-0.3, -0.25) is 4.79 Å². The number of rotatable bonds is 8. The van der Waals surface area contributed by atoms with Crippen LogP contribution in [0.1, 0.15) is 58.5 Å². The van der Waals surface area contributed by atoms with Crippen molar-refractivity contribution in [1.82, 2.24) is 20.5 Å². The zero-order valence-electron chi connectivity index (χ0n) is 22.5. The highest BCUT2D eigenvalue weighted by Gasteiger charge is 2.27. The van der Waals surface area contributed by atoms with Crippen LogP contribution in [-0.4, -0.2) is 47.8 Å². The maximum atomic E-state index is 12.7. The summed E-state index contributed by atoms with van der Waals surface area (Å²) < 4.78 is 47.0. The van der Waals surface area contributed by atoms with E-state index in [1.54, 1.807) is 44.2 Å². The molecule has 0 unspecified atom stereocenters. The summed E-state index contributed by atoms with van der Waals surface area (Å²) in [6, 6.07) is 11.4.